The molecule has 0 saturated heterocycles. The molecule has 3 N–H and O–H groups in total. The largest absolute Gasteiger partial charge is 0.480 e. The minimum atomic E-state index is -1.32. The van der Waals surface area contributed by atoms with Gasteiger partial charge in [0.15, 0.2) is 0 Å². The second-order valence-electron chi connectivity index (χ2n) is 12.4. The molecule has 2 amide bonds. The minimum Gasteiger partial charge on any atom is -0.480 e. The summed E-state index contributed by atoms with van der Waals surface area (Å²) in [6.07, 6.45) is 0. The van der Waals surface area contributed by atoms with Gasteiger partial charge in [-0.15, -0.1) is 23.5 Å². The van der Waals surface area contributed by atoms with E-state index in [1.165, 1.54) is 23.5 Å². The van der Waals surface area contributed by atoms with Gasteiger partial charge >= 0.3 is 5.97 Å². The Morgan fingerprint density at radius 1 is 0.453 bits per heavy atom. The highest BCUT2D eigenvalue weighted by Crippen LogP contribution is 2.49. The van der Waals surface area contributed by atoms with E-state index in [-0.39, 0.29) is 24.0 Å². The molecule has 0 bridgehead atoms. The number of carboxylic acids is 1. The quantitative estimate of drug-likeness (QED) is 0.0870. The second kappa shape index (κ2) is 17.8. The number of hydrogen-bond acceptors (Lipinski definition) is 5. The van der Waals surface area contributed by atoms with Crippen molar-refractivity contribution in [3.05, 3.63) is 215 Å². The molecule has 1 atom stereocenters. The van der Waals surface area contributed by atoms with Gasteiger partial charge in [0.2, 0.25) is 11.8 Å². The van der Waals surface area contributed by atoms with Crippen LogP contribution < -0.4 is 10.6 Å². The normalized spacial score (nSPS) is 12.0. The Hall–Kier alpha value is -5.57. The molecule has 0 spiro atoms. The second-order valence-corrected chi connectivity index (χ2v) is 14.8. The molecule has 0 aliphatic carbocycles. The van der Waals surface area contributed by atoms with E-state index in [2.05, 4.69) is 47.0 Å². The van der Waals surface area contributed by atoms with Crippen LogP contribution in [0.5, 0.6) is 0 Å². The molecule has 6 aromatic carbocycles. The average molecular weight is 737 g/mol. The van der Waals surface area contributed by atoms with E-state index in [0.717, 1.165) is 33.4 Å². The monoisotopic (exact) mass is 736 g/mol. The lowest BCUT2D eigenvalue weighted by Gasteiger charge is -2.35. The molecule has 0 heterocycles. The molecule has 266 valence electrons. The smallest absolute Gasteiger partial charge is 0.328 e. The maximum Gasteiger partial charge on any atom is 0.328 e. The Balaban J connectivity index is 1.17. The summed E-state index contributed by atoms with van der Waals surface area (Å²) in [5, 5.41) is 15.6. The zero-order chi connectivity index (χ0) is 36.9. The SMILES string of the molecule is O=C(CSC(c1ccccc1)(c1ccccc1)c1ccccc1)NCC(NC(=O)CSC(c1ccccc1)(c1ccccc1)c1ccccc1)C(=O)O. The van der Waals surface area contributed by atoms with Gasteiger partial charge in [-0.25, -0.2) is 4.79 Å². The van der Waals surface area contributed by atoms with Gasteiger partial charge in [-0.3, -0.25) is 9.59 Å². The van der Waals surface area contributed by atoms with E-state index in [1.807, 2.05) is 146 Å². The third-order valence-corrected chi connectivity index (χ3v) is 12.2. The summed E-state index contributed by atoms with van der Waals surface area (Å²) in [7, 11) is 0. The highest BCUT2D eigenvalue weighted by atomic mass is 32.2. The van der Waals surface area contributed by atoms with Crippen LogP contribution in [0.1, 0.15) is 33.4 Å². The van der Waals surface area contributed by atoms with Crippen LogP contribution in [-0.2, 0) is 23.9 Å². The fourth-order valence-corrected chi connectivity index (χ4v) is 9.28. The summed E-state index contributed by atoms with van der Waals surface area (Å²) < 4.78 is -1.45. The topological polar surface area (TPSA) is 95.5 Å². The first-order valence-corrected chi connectivity index (χ1v) is 19.3. The minimum absolute atomic E-state index is 0.0278. The number of carbonyl (C=O) groups is 3. The number of rotatable bonds is 16. The summed E-state index contributed by atoms with van der Waals surface area (Å²) in [6.45, 7) is -0.263. The molecule has 6 rings (SSSR count). The maximum absolute atomic E-state index is 13.6. The van der Waals surface area contributed by atoms with Gasteiger partial charge in [-0.1, -0.05) is 182 Å². The summed E-state index contributed by atoms with van der Waals surface area (Å²) in [6, 6.07) is 58.8. The predicted molar refractivity (Wildman–Crippen MR) is 216 cm³/mol. The van der Waals surface area contributed by atoms with Crippen LogP contribution in [0.3, 0.4) is 0 Å². The Labute approximate surface area is 319 Å². The van der Waals surface area contributed by atoms with Crippen LogP contribution in [0, 0.1) is 0 Å². The van der Waals surface area contributed by atoms with E-state index < -0.39 is 27.4 Å². The molecule has 6 nitrogen and oxygen atoms in total. The van der Waals surface area contributed by atoms with Crippen LogP contribution >= 0.6 is 23.5 Å². The number of benzene rings is 6. The number of carboxylic acid groups (broad SMARTS) is 1. The van der Waals surface area contributed by atoms with Crippen molar-refractivity contribution in [3.8, 4) is 0 Å². The molecule has 0 radical (unpaired) electrons. The van der Waals surface area contributed by atoms with Gasteiger partial charge in [-0.2, -0.15) is 0 Å². The van der Waals surface area contributed by atoms with E-state index in [0.29, 0.717) is 0 Å². The predicted octanol–water partition coefficient (Wildman–Crippen LogP) is 8.12. The lowest BCUT2D eigenvalue weighted by atomic mass is 9.84. The van der Waals surface area contributed by atoms with Gasteiger partial charge in [0.1, 0.15) is 6.04 Å². The first kappa shape index (κ1) is 37.2. The number of aliphatic carboxylic acids is 1. The Morgan fingerprint density at radius 2 is 0.717 bits per heavy atom. The summed E-state index contributed by atoms with van der Waals surface area (Å²) in [5.74, 6) is -2.01. The van der Waals surface area contributed by atoms with Gasteiger partial charge in [0, 0.05) is 6.54 Å². The summed E-state index contributed by atoms with van der Waals surface area (Å²) >= 11 is 2.89. The van der Waals surface area contributed by atoms with Crippen molar-refractivity contribution < 1.29 is 19.5 Å². The molecule has 0 aromatic heterocycles. The molecular formula is C45H40N2O4S2. The molecule has 0 aliphatic rings. The maximum atomic E-state index is 13.6. The average Bonchev–Trinajstić information content (AvgIpc) is 3.22. The van der Waals surface area contributed by atoms with Crippen LogP contribution in [0.15, 0.2) is 182 Å². The van der Waals surface area contributed by atoms with Crippen molar-refractivity contribution in [1.29, 1.82) is 0 Å². The number of thioether (sulfide) groups is 2. The van der Waals surface area contributed by atoms with Crippen molar-refractivity contribution >= 4 is 41.3 Å². The van der Waals surface area contributed by atoms with E-state index in [4.69, 9.17) is 0 Å². The fourth-order valence-electron chi connectivity index (χ4n) is 6.59. The first-order chi connectivity index (χ1) is 25.9. The third kappa shape index (κ3) is 8.57. The Morgan fingerprint density at radius 3 is 0.981 bits per heavy atom. The van der Waals surface area contributed by atoms with Crippen molar-refractivity contribution in [2.24, 2.45) is 0 Å². The number of nitrogens with one attached hydrogen (secondary N) is 2. The Bertz CT molecular complexity index is 1880. The standard InChI is InChI=1S/C45H40N2O4S2/c48-41(32-52-44(34-19-7-1-8-20-34,35-21-9-2-10-22-35)36-23-11-3-12-24-36)46-31-40(43(50)51)47-42(49)33-53-45(37-25-13-4-14-26-37,38-27-15-5-16-28-38)39-29-17-6-18-30-39/h1-30,40H,31-33H2,(H,46,48)(H,47,49)(H,50,51). The van der Waals surface area contributed by atoms with Gasteiger partial charge in [0.25, 0.3) is 0 Å². The zero-order valence-electron chi connectivity index (χ0n) is 29.0. The van der Waals surface area contributed by atoms with Crippen molar-refractivity contribution in [2.45, 2.75) is 15.5 Å². The summed E-state index contributed by atoms with van der Waals surface area (Å²) in [5.41, 5.74) is 6.02. The lowest BCUT2D eigenvalue weighted by Crippen LogP contribution is -2.49. The molecule has 53 heavy (non-hydrogen) atoms. The van der Waals surface area contributed by atoms with Crippen molar-refractivity contribution in [1.82, 2.24) is 10.6 Å². The lowest BCUT2D eigenvalue weighted by molar-refractivity contribution is -0.141. The molecule has 0 fully saturated rings. The van der Waals surface area contributed by atoms with Gasteiger partial charge in [0.05, 0.1) is 21.0 Å². The molecule has 0 aliphatic heterocycles. The fraction of sp³-hybridized carbons (Fsp3) is 0.133. The highest BCUT2D eigenvalue weighted by molar-refractivity contribution is 8.01. The first-order valence-electron chi connectivity index (χ1n) is 17.3. The van der Waals surface area contributed by atoms with Crippen molar-refractivity contribution in [3.63, 3.8) is 0 Å². The number of hydrogen-bond donors (Lipinski definition) is 3. The van der Waals surface area contributed by atoms with E-state index >= 15 is 0 Å². The molecule has 8 heteroatoms. The third-order valence-electron chi connectivity index (χ3n) is 9.06. The molecule has 0 saturated carbocycles. The van der Waals surface area contributed by atoms with Crippen molar-refractivity contribution in [2.75, 3.05) is 18.1 Å². The number of carbonyl (C=O) groups excluding carboxylic acids is 2. The molecular weight excluding hydrogens is 697 g/mol. The molecule has 6 aromatic rings. The Kier molecular flexibility index (Phi) is 12.5. The van der Waals surface area contributed by atoms with Crippen LogP contribution in [0.4, 0.5) is 0 Å². The van der Waals surface area contributed by atoms with Gasteiger partial charge < -0.3 is 15.7 Å². The zero-order valence-corrected chi connectivity index (χ0v) is 30.6. The van der Waals surface area contributed by atoms with E-state index in [9.17, 15) is 19.5 Å². The number of amides is 2. The highest BCUT2D eigenvalue weighted by Gasteiger charge is 2.39. The molecule has 1 unspecified atom stereocenters. The van der Waals surface area contributed by atoms with Crippen LogP contribution in [-0.4, -0.2) is 47.0 Å². The summed E-state index contributed by atoms with van der Waals surface area (Å²) in [4.78, 5) is 39.4. The van der Waals surface area contributed by atoms with Crippen LogP contribution in [0.25, 0.3) is 0 Å². The van der Waals surface area contributed by atoms with E-state index in [1.54, 1.807) is 0 Å². The van der Waals surface area contributed by atoms with Gasteiger partial charge in [-0.05, 0) is 33.4 Å². The van der Waals surface area contributed by atoms with Crippen LogP contribution in [0.2, 0.25) is 0 Å².